The molecule has 8 nitrogen and oxygen atoms in total. The molecular weight excluding hydrogens is 583 g/mol. The molecule has 0 bridgehead atoms. The van der Waals surface area contributed by atoms with Crippen molar-refractivity contribution < 1.29 is 8.91 Å². The molecule has 0 saturated heterocycles. The van der Waals surface area contributed by atoms with Gasteiger partial charge in [-0.15, -0.1) is 11.3 Å². The molecule has 0 atom stereocenters. The van der Waals surface area contributed by atoms with Gasteiger partial charge in [0.1, 0.15) is 10.6 Å². The number of hydrogen-bond acceptors (Lipinski definition) is 6. The van der Waals surface area contributed by atoms with Crippen LogP contribution < -0.4 is 17.0 Å². The maximum Gasteiger partial charge on any atom is 0.439 e. The standard InChI is InChI=1S/C31H25FN4O4S.K/c1-2-23-17-26-28(37)35(16-15-19-9-13-22(32)14-10-19)31(39)36(29(26)41-23)18-20-7-11-21(12-8-20)24-5-3-4-6-25(24)27-33-30(38)40-34-27;/h3-14,17H,2,15-16,18H2,1H3,(H,33,34,38);. The van der Waals surface area contributed by atoms with Gasteiger partial charge in [0.25, 0.3) is 5.56 Å². The summed E-state index contributed by atoms with van der Waals surface area (Å²) in [5, 5.41) is 4.35. The van der Waals surface area contributed by atoms with Gasteiger partial charge in [-0.25, -0.2) is 14.0 Å². The van der Waals surface area contributed by atoms with E-state index in [0.717, 1.165) is 39.1 Å². The number of nitrogens with one attached hydrogen (secondary N) is 1. The van der Waals surface area contributed by atoms with Crippen molar-refractivity contribution in [3.05, 3.63) is 132 Å². The number of benzene rings is 3. The van der Waals surface area contributed by atoms with Gasteiger partial charge in [-0.1, -0.05) is 72.7 Å². The zero-order valence-electron chi connectivity index (χ0n) is 23.1. The monoisotopic (exact) mass is 607 g/mol. The van der Waals surface area contributed by atoms with E-state index in [1.807, 2.05) is 61.5 Å². The third-order valence-corrected chi connectivity index (χ3v) is 8.36. The van der Waals surface area contributed by atoms with Gasteiger partial charge in [0.2, 0.25) is 0 Å². The first-order valence-corrected chi connectivity index (χ1v) is 14.0. The van der Waals surface area contributed by atoms with E-state index in [1.54, 1.807) is 16.7 Å². The molecule has 0 aliphatic carbocycles. The number of aromatic nitrogens is 4. The Hall–Kier alpha value is -3.19. The minimum Gasteiger partial charge on any atom is -0.296 e. The van der Waals surface area contributed by atoms with Crippen LogP contribution in [0.5, 0.6) is 0 Å². The molecule has 0 spiro atoms. The van der Waals surface area contributed by atoms with Crippen LogP contribution in [0.15, 0.2) is 97.8 Å². The molecule has 11 heteroatoms. The van der Waals surface area contributed by atoms with Gasteiger partial charge in [-0.05, 0) is 53.3 Å². The van der Waals surface area contributed by atoms with Crippen LogP contribution >= 0.6 is 11.3 Å². The minimum absolute atomic E-state index is 0. The van der Waals surface area contributed by atoms with Crippen LogP contribution in [0.1, 0.15) is 22.9 Å². The summed E-state index contributed by atoms with van der Waals surface area (Å²) < 4.78 is 21.0. The molecule has 3 aromatic carbocycles. The molecule has 0 aliphatic heterocycles. The summed E-state index contributed by atoms with van der Waals surface area (Å²) >= 11 is 1.46. The van der Waals surface area contributed by atoms with Crippen LogP contribution in [0.25, 0.3) is 32.7 Å². The smallest absolute Gasteiger partial charge is 0.296 e. The van der Waals surface area contributed by atoms with E-state index in [-0.39, 0.29) is 81.5 Å². The summed E-state index contributed by atoms with van der Waals surface area (Å²) in [4.78, 5) is 42.8. The molecule has 0 saturated carbocycles. The van der Waals surface area contributed by atoms with Crippen molar-refractivity contribution >= 4 is 72.9 Å². The van der Waals surface area contributed by atoms with Gasteiger partial charge in [0, 0.05) is 68.4 Å². The molecule has 0 amide bonds. The Morgan fingerprint density at radius 2 is 1.60 bits per heavy atom. The van der Waals surface area contributed by atoms with E-state index < -0.39 is 5.76 Å². The quantitative estimate of drug-likeness (QED) is 0.249. The Morgan fingerprint density at radius 1 is 0.905 bits per heavy atom. The maximum absolute atomic E-state index is 13.7. The fourth-order valence-electron chi connectivity index (χ4n) is 4.91. The third-order valence-electron chi connectivity index (χ3n) is 7.06. The summed E-state index contributed by atoms with van der Waals surface area (Å²) in [6.07, 6.45) is 1.18. The second-order valence-corrected chi connectivity index (χ2v) is 10.8. The number of aryl methyl sites for hydroxylation is 2. The second kappa shape index (κ2) is 13.0. The van der Waals surface area contributed by atoms with E-state index >= 15 is 0 Å². The van der Waals surface area contributed by atoms with Crippen LogP contribution in [0, 0.1) is 5.82 Å². The van der Waals surface area contributed by atoms with Crippen molar-refractivity contribution in [2.24, 2.45) is 0 Å². The molecule has 42 heavy (non-hydrogen) atoms. The number of H-pyrrole nitrogens is 1. The van der Waals surface area contributed by atoms with E-state index in [1.165, 1.54) is 28.0 Å². The van der Waals surface area contributed by atoms with Crippen LogP contribution in [-0.2, 0) is 25.9 Å². The Balaban J connectivity index is 0.00000353. The first-order valence-electron chi connectivity index (χ1n) is 13.2. The summed E-state index contributed by atoms with van der Waals surface area (Å²) in [6, 6.07) is 23.3. The van der Waals surface area contributed by atoms with E-state index in [9.17, 15) is 18.8 Å². The fraction of sp³-hybridized carbons (Fsp3) is 0.161. The van der Waals surface area contributed by atoms with Gasteiger partial charge < -0.3 is 0 Å². The number of hydrogen-bond donors (Lipinski definition) is 1. The molecule has 6 rings (SSSR count). The van der Waals surface area contributed by atoms with Crippen LogP contribution in [0.3, 0.4) is 0 Å². The predicted molar refractivity (Wildman–Crippen MR) is 163 cm³/mol. The number of thiophene rings is 1. The summed E-state index contributed by atoms with van der Waals surface area (Å²) in [5.41, 5.74) is 3.54. The summed E-state index contributed by atoms with van der Waals surface area (Å²) in [5.74, 6) is -0.612. The van der Waals surface area contributed by atoms with Crippen LogP contribution in [0.4, 0.5) is 4.39 Å². The summed E-state index contributed by atoms with van der Waals surface area (Å²) in [6.45, 7) is 2.50. The second-order valence-electron chi connectivity index (χ2n) is 9.67. The number of aromatic amines is 1. The molecule has 3 aromatic heterocycles. The summed E-state index contributed by atoms with van der Waals surface area (Å²) in [7, 11) is 0. The molecule has 0 fully saturated rings. The SMILES string of the molecule is CCc1cc2c(=O)n(CCc3ccc(F)cc3)c(=O)n(Cc3ccc(-c4ccccc4-c4noc(=O)[nH]4)cc3)c2s1.[K]. The van der Waals surface area contributed by atoms with Crippen LogP contribution in [-0.4, -0.2) is 70.7 Å². The van der Waals surface area contributed by atoms with Gasteiger partial charge in [0.05, 0.1) is 11.9 Å². The fourth-order valence-corrected chi connectivity index (χ4v) is 5.99. The van der Waals surface area contributed by atoms with E-state index in [2.05, 4.69) is 14.7 Å². The normalized spacial score (nSPS) is 11.1. The largest absolute Gasteiger partial charge is 0.439 e. The molecule has 207 valence electrons. The molecule has 3 heterocycles. The van der Waals surface area contributed by atoms with Gasteiger partial charge in [-0.3, -0.25) is 23.4 Å². The first-order chi connectivity index (χ1) is 19.9. The zero-order chi connectivity index (χ0) is 28.5. The minimum atomic E-state index is -0.624. The van der Waals surface area contributed by atoms with Crippen molar-refractivity contribution in [2.45, 2.75) is 32.9 Å². The molecule has 0 aliphatic rings. The van der Waals surface area contributed by atoms with Crippen molar-refractivity contribution in [1.29, 1.82) is 0 Å². The van der Waals surface area contributed by atoms with Crippen molar-refractivity contribution in [3.63, 3.8) is 0 Å². The average Bonchev–Trinajstić information content (AvgIpc) is 3.63. The van der Waals surface area contributed by atoms with E-state index in [0.29, 0.717) is 22.5 Å². The van der Waals surface area contributed by atoms with Crippen molar-refractivity contribution in [1.82, 2.24) is 19.3 Å². The number of nitrogens with zero attached hydrogens (tertiary/aromatic N) is 3. The average molecular weight is 608 g/mol. The van der Waals surface area contributed by atoms with Gasteiger partial charge in [-0.2, -0.15) is 0 Å². The molecule has 6 aromatic rings. The zero-order valence-corrected chi connectivity index (χ0v) is 27.0. The Morgan fingerprint density at radius 3 is 2.26 bits per heavy atom. The maximum atomic E-state index is 13.7. The van der Waals surface area contributed by atoms with E-state index in [4.69, 9.17) is 0 Å². The Labute approximate surface area is 285 Å². The van der Waals surface area contributed by atoms with Crippen molar-refractivity contribution in [2.75, 3.05) is 0 Å². The molecule has 0 unspecified atom stereocenters. The van der Waals surface area contributed by atoms with Gasteiger partial charge in [0.15, 0.2) is 5.82 Å². The molecule has 1 radical (unpaired) electrons. The number of halogens is 1. The van der Waals surface area contributed by atoms with Crippen molar-refractivity contribution in [3.8, 4) is 22.5 Å². The Bertz CT molecular complexity index is 2040. The Kier molecular flexibility index (Phi) is 9.36. The first kappa shape index (κ1) is 30.3. The molecule has 1 N–H and O–H groups in total. The topological polar surface area (TPSA) is 103 Å². The predicted octanol–water partition coefficient (Wildman–Crippen LogP) is 4.85. The number of rotatable bonds is 8. The number of fused-ring (bicyclic) bond motifs is 1. The van der Waals surface area contributed by atoms with Gasteiger partial charge >= 0.3 is 11.4 Å². The van der Waals surface area contributed by atoms with Crippen LogP contribution in [0.2, 0.25) is 0 Å². The third kappa shape index (κ3) is 6.12. The molecular formula is C31H25FKN4O4S.